The second kappa shape index (κ2) is 6.98. The number of amides is 1. The first kappa shape index (κ1) is 19.8. The third-order valence-electron chi connectivity index (χ3n) is 4.93. The molecular formula is C19H27F3N2O. The number of piperidine rings is 1. The molecule has 0 spiro atoms. The van der Waals surface area contributed by atoms with E-state index >= 15 is 0 Å². The van der Waals surface area contributed by atoms with Gasteiger partial charge in [-0.1, -0.05) is 26.8 Å². The topological polar surface area (TPSA) is 32.3 Å². The van der Waals surface area contributed by atoms with Crippen molar-refractivity contribution in [1.29, 1.82) is 0 Å². The SMILES string of the molecule is Cc1ccc(NC(=O)C2CCN(C)C(C(F)(F)F)C2)cc1C(C)(C)C. The quantitative estimate of drug-likeness (QED) is 0.846. The molecule has 1 heterocycles. The summed E-state index contributed by atoms with van der Waals surface area (Å²) >= 11 is 0. The van der Waals surface area contributed by atoms with Crippen molar-refractivity contribution in [1.82, 2.24) is 4.90 Å². The molecular weight excluding hydrogens is 329 g/mol. The summed E-state index contributed by atoms with van der Waals surface area (Å²) in [6.45, 7) is 8.55. The van der Waals surface area contributed by atoms with E-state index in [4.69, 9.17) is 0 Å². The van der Waals surface area contributed by atoms with Crippen molar-refractivity contribution in [3.63, 3.8) is 0 Å². The number of likely N-dealkylation sites (tertiary alicyclic amines) is 1. The minimum absolute atomic E-state index is 0.0697. The number of alkyl halides is 3. The first-order valence-corrected chi connectivity index (χ1v) is 8.58. The molecule has 1 aromatic carbocycles. The number of benzene rings is 1. The molecule has 2 unspecified atom stereocenters. The molecule has 3 nitrogen and oxygen atoms in total. The molecule has 1 amide bonds. The molecule has 0 bridgehead atoms. The lowest BCUT2D eigenvalue weighted by atomic mass is 9.84. The van der Waals surface area contributed by atoms with Crippen LogP contribution in [0.25, 0.3) is 0 Å². The molecule has 2 atom stereocenters. The minimum atomic E-state index is -4.31. The Morgan fingerprint density at radius 2 is 1.88 bits per heavy atom. The number of aryl methyl sites for hydroxylation is 1. The molecule has 1 aromatic rings. The largest absolute Gasteiger partial charge is 0.404 e. The van der Waals surface area contributed by atoms with Crippen LogP contribution in [0.2, 0.25) is 0 Å². The Bertz CT molecular complexity index is 635. The fourth-order valence-corrected chi connectivity index (χ4v) is 3.46. The molecule has 0 radical (unpaired) electrons. The molecule has 140 valence electrons. The molecule has 1 aliphatic heterocycles. The molecule has 0 aromatic heterocycles. The number of nitrogens with one attached hydrogen (secondary N) is 1. The van der Waals surface area contributed by atoms with Gasteiger partial charge in [0.05, 0.1) is 0 Å². The van der Waals surface area contributed by atoms with Crippen molar-refractivity contribution in [3.05, 3.63) is 29.3 Å². The van der Waals surface area contributed by atoms with Crippen LogP contribution < -0.4 is 5.32 Å². The van der Waals surface area contributed by atoms with Gasteiger partial charge in [-0.25, -0.2) is 0 Å². The van der Waals surface area contributed by atoms with Gasteiger partial charge in [-0.05, 0) is 62.0 Å². The third-order valence-corrected chi connectivity index (χ3v) is 4.93. The summed E-state index contributed by atoms with van der Waals surface area (Å²) < 4.78 is 39.3. The zero-order valence-corrected chi connectivity index (χ0v) is 15.5. The van der Waals surface area contributed by atoms with Gasteiger partial charge in [-0.3, -0.25) is 9.69 Å². The monoisotopic (exact) mass is 356 g/mol. The van der Waals surface area contributed by atoms with Gasteiger partial charge in [0.1, 0.15) is 6.04 Å². The lowest BCUT2D eigenvalue weighted by Crippen LogP contribution is -2.50. The average molecular weight is 356 g/mol. The van der Waals surface area contributed by atoms with Gasteiger partial charge >= 0.3 is 6.18 Å². The van der Waals surface area contributed by atoms with E-state index in [-0.39, 0.29) is 24.3 Å². The number of carbonyl (C=O) groups is 1. The third kappa shape index (κ3) is 4.75. The highest BCUT2D eigenvalue weighted by atomic mass is 19.4. The van der Waals surface area contributed by atoms with Gasteiger partial charge in [0.2, 0.25) is 5.91 Å². The van der Waals surface area contributed by atoms with E-state index in [0.717, 1.165) is 11.1 Å². The predicted molar refractivity (Wildman–Crippen MR) is 93.7 cm³/mol. The summed E-state index contributed by atoms with van der Waals surface area (Å²) in [5.41, 5.74) is 2.81. The Balaban J connectivity index is 2.12. The molecule has 1 saturated heterocycles. The molecule has 0 aliphatic carbocycles. The normalized spacial score (nSPS) is 22.7. The number of hydrogen-bond donors (Lipinski definition) is 1. The standard InChI is InChI=1S/C19H27F3N2O/c1-12-6-7-14(11-15(12)18(2,3)4)23-17(25)13-8-9-24(5)16(10-13)19(20,21)22/h6-7,11,13,16H,8-10H2,1-5H3,(H,23,25). The van der Waals surface area contributed by atoms with Gasteiger partial charge in [-0.2, -0.15) is 13.2 Å². The van der Waals surface area contributed by atoms with Crippen LogP contribution in [-0.4, -0.2) is 36.6 Å². The number of halogens is 3. The van der Waals surface area contributed by atoms with Crippen molar-refractivity contribution in [2.75, 3.05) is 18.9 Å². The van der Waals surface area contributed by atoms with E-state index in [1.54, 1.807) is 6.07 Å². The summed E-state index contributed by atoms with van der Waals surface area (Å²) in [5.74, 6) is -0.951. The summed E-state index contributed by atoms with van der Waals surface area (Å²) in [6, 6.07) is 4.10. The maximum atomic E-state index is 13.1. The van der Waals surface area contributed by atoms with Crippen LogP contribution in [0.15, 0.2) is 18.2 Å². The highest BCUT2D eigenvalue weighted by Gasteiger charge is 2.46. The predicted octanol–water partition coefficient (Wildman–Crippen LogP) is 4.50. The lowest BCUT2D eigenvalue weighted by molar-refractivity contribution is -0.191. The fraction of sp³-hybridized carbons (Fsp3) is 0.632. The maximum Gasteiger partial charge on any atom is 0.404 e. The van der Waals surface area contributed by atoms with Crippen LogP contribution in [0.4, 0.5) is 18.9 Å². The Morgan fingerprint density at radius 1 is 1.24 bits per heavy atom. The molecule has 0 saturated carbocycles. The van der Waals surface area contributed by atoms with Crippen LogP contribution in [0.5, 0.6) is 0 Å². The number of nitrogens with zero attached hydrogens (tertiary/aromatic N) is 1. The van der Waals surface area contributed by atoms with Crippen LogP contribution >= 0.6 is 0 Å². The summed E-state index contributed by atoms with van der Waals surface area (Å²) in [6.07, 6.45) is -4.06. The summed E-state index contributed by atoms with van der Waals surface area (Å²) in [5, 5.41) is 2.81. The molecule has 6 heteroatoms. The number of rotatable bonds is 2. The highest BCUT2D eigenvalue weighted by Crippen LogP contribution is 2.34. The molecule has 25 heavy (non-hydrogen) atoms. The Labute approximate surface area is 147 Å². The van der Waals surface area contributed by atoms with Gasteiger partial charge in [0.25, 0.3) is 0 Å². The van der Waals surface area contributed by atoms with Gasteiger partial charge in [-0.15, -0.1) is 0 Å². The first-order chi connectivity index (χ1) is 11.4. The number of anilines is 1. The zero-order chi connectivity index (χ0) is 19.0. The lowest BCUT2D eigenvalue weighted by Gasteiger charge is -2.37. The van der Waals surface area contributed by atoms with Crippen LogP contribution in [0.1, 0.15) is 44.7 Å². The van der Waals surface area contributed by atoms with Crippen molar-refractivity contribution in [2.24, 2.45) is 5.92 Å². The maximum absolute atomic E-state index is 13.1. The Morgan fingerprint density at radius 3 is 2.44 bits per heavy atom. The molecule has 2 rings (SSSR count). The van der Waals surface area contributed by atoms with Crippen molar-refractivity contribution < 1.29 is 18.0 Å². The summed E-state index contributed by atoms with van der Waals surface area (Å²) in [4.78, 5) is 13.8. The van der Waals surface area contributed by atoms with E-state index < -0.39 is 18.1 Å². The first-order valence-electron chi connectivity index (χ1n) is 8.58. The van der Waals surface area contributed by atoms with Crippen LogP contribution in [0.3, 0.4) is 0 Å². The van der Waals surface area contributed by atoms with Crippen LogP contribution in [-0.2, 0) is 10.2 Å². The summed E-state index contributed by atoms with van der Waals surface area (Å²) in [7, 11) is 1.46. The van der Waals surface area contributed by atoms with Crippen molar-refractivity contribution >= 4 is 11.6 Å². The highest BCUT2D eigenvalue weighted by molar-refractivity contribution is 5.92. The van der Waals surface area contributed by atoms with Gasteiger partial charge < -0.3 is 5.32 Å². The number of hydrogen-bond acceptors (Lipinski definition) is 2. The second-order valence-electron chi connectivity index (χ2n) is 8.03. The van der Waals surface area contributed by atoms with E-state index in [1.807, 2.05) is 19.1 Å². The molecule has 1 aliphatic rings. The Kier molecular flexibility index (Phi) is 5.52. The average Bonchev–Trinajstić information content (AvgIpc) is 2.47. The second-order valence-corrected chi connectivity index (χ2v) is 8.03. The molecule has 1 N–H and O–H groups in total. The smallest absolute Gasteiger partial charge is 0.326 e. The van der Waals surface area contributed by atoms with E-state index in [9.17, 15) is 18.0 Å². The zero-order valence-electron chi connectivity index (χ0n) is 15.5. The van der Waals surface area contributed by atoms with Crippen molar-refractivity contribution in [3.8, 4) is 0 Å². The van der Waals surface area contributed by atoms with Crippen LogP contribution in [0, 0.1) is 12.8 Å². The van der Waals surface area contributed by atoms with Gasteiger partial charge in [0, 0.05) is 11.6 Å². The van der Waals surface area contributed by atoms with E-state index in [2.05, 4.69) is 26.1 Å². The van der Waals surface area contributed by atoms with Gasteiger partial charge in [0.15, 0.2) is 0 Å². The van der Waals surface area contributed by atoms with Crippen molar-refractivity contribution in [2.45, 2.75) is 58.2 Å². The fourth-order valence-electron chi connectivity index (χ4n) is 3.46. The van der Waals surface area contributed by atoms with E-state index in [1.165, 1.54) is 11.9 Å². The molecule has 1 fully saturated rings. The number of carbonyl (C=O) groups excluding carboxylic acids is 1. The Hall–Kier alpha value is -1.56. The van der Waals surface area contributed by atoms with E-state index in [0.29, 0.717) is 12.1 Å². The minimum Gasteiger partial charge on any atom is -0.326 e.